The third-order valence-corrected chi connectivity index (χ3v) is 3.77. The van der Waals surface area contributed by atoms with E-state index < -0.39 is 0 Å². The Hall–Kier alpha value is -2.29. The second-order valence-electron chi connectivity index (χ2n) is 5.44. The number of nitrogens with zero attached hydrogens (tertiary/aromatic N) is 1. The second-order valence-corrected chi connectivity index (χ2v) is 5.44. The van der Waals surface area contributed by atoms with Crippen molar-refractivity contribution in [3.8, 4) is 17.6 Å². The van der Waals surface area contributed by atoms with E-state index in [4.69, 9.17) is 13.9 Å². The molecule has 0 N–H and O–H groups in total. The first-order chi connectivity index (χ1) is 11.2. The van der Waals surface area contributed by atoms with E-state index in [-0.39, 0.29) is 5.63 Å². The van der Waals surface area contributed by atoms with Crippen molar-refractivity contribution in [2.75, 3.05) is 39.5 Å². The monoisotopic (exact) mass is 313 g/mol. The van der Waals surface area contributed by atoms with E-state index >= 15 is 0 Å². The predicted octanol–water partition coefficient (Wildman–Crippen LogP) is 1.82. The smallest absolute Gasteiger partial charge is 0.336 e. The molecule has 1 aliphatic heterocycles. The third-order valence-electron chi connectivity index (χ3n) is 3.77. The fraction of sp³-hybridized carbons (Fsp3) is 0.389. The van der Waals surface area contributed by atoms with Crippen LogP contribution < -0.4 is 10.4 Å². The Bertz CT molecular complexity index is 794. The molecule has 2 aromatic rings. The van der Waals surface area contributed by atoms with Gasteiger partial charge in [-0.15, -0.1) is 0 Å². The van der Waals surface area contributed by atoms with E-state index in [0.29, 0.717) is 17.9 Å². The van der Waals surface area contributed by atoms with Crippen LogP contribution in [0.2, 0.25) is 0 Å². The maximum absolute atomic E-state index is 11.4. The van der Waals surface area contributed by atoms with Crippen LogP contribution >= 0.6 is 0 Å². The molecule has 1 saturated heterocycles. The van der Waals surface area contributed by atoms with Gasteiger partial charge in [0.05, 0.1) is 19.8 Å². The highest BCUT2D eigenvalue weighted by molar-refractivity contribution is 5.81. The highest BCUT2D eigenvalue weighted by atomic mass is 16.5. The molecule has 1 aromatic heterocycles. The van der Waals surface area contributed by atoms with Crippen molar-refractivity contribution in [2.45, 2.75) is 6.92 Å². The van der Waals surface area contributed by atoms with Gasteiger partial charge in [0.1, 0.15) is 17.9 Å². The standard InChI is InChI=1S/C18H19NO4/c1-14-12-18(20)23-17-13-15(4-5-16(14)17)22-9-3-2-6-19-7-10-21-11-8-19/h4-5,12-13H,6-11H2,1H3. The van der Waals surface area contributed by atoms with Crippen molar-refractivity contribution < 1.29 is 13.9 Å². The number of morpholine rings is 1. The van der Waals surface area contributed by atoms with E-state index in [0.717, 1.165) is 43.8 Å². The molecule has 5 nitrogen and oxygen atoms in total. The van der Waals surface area contributed by atoms with Crippen LogP contribution in [0.5, 0.6) is 5.75 Å². The van der Waals surface area contributed by atoms with Gasteiger partial charge in [0.2, 0.25) is 0 Å². The van der Waals surface area contributed by atoms with Crippen molar-refractivity contribution in [3.63, 3.8) is 0 Å². The molecule has 0 saturated carbocycles. The molecule has 3 rings (SSSR count). The molecule has 0 atom stereocenters. The van der Waals surface area contributed by atoms with E-state index in [1.54, 1.807) is 6.07 Å². The molecular weight excluding hydrogens is 294 g/mol. The first-order valence-electron chi connectivity index (χ1n) is 7.65. The number of fused-ring (bicyclic) bond motifs is 1. The molecule has 2 heterocycles. The molecular formula is C18H19NO4. The summed E-state index contributed by atoms with van der Waals surface area (Å²) in [5, 5.41) is 0.912. The number of aryl methyl sites for hydroxylation is 1. The highest BCUT2D eigenvalue weighted by Gasteiger charge is 2.07. The predicted molar refractivity (Wildman–Crippen MR) is 87.8 cm³/mol. The molecule has 23 heavy (non-hydrogen) atoms. The van der Waals surface area contributed by atoms with Crippen LogP contribution in [0, 0.1) is 18.8 Å². The minimum Gasteiger partial charge on any atom is -0.481 e. The Morgan fingerprint density at radius 1 is 1.22 bits per heavy atom. The van der Waals surface area contributed by atoms with Gasteiger partial charge in [-0.2, -0.15) is 0 Å². The van der Waals surface area contributed by atoms with E-state index in [2.05, 4.69) is 16.7 Å². The van der Waals surface area contributed by atoms with Crippen LogP contribution in [0.1, 0.15) is 5.56 Å². The van der Waals surface area contributed by atoms with Crippen LogP contribution in [0.25, 0.3) is 11.0 Å². The zero-order valence-electron chi connectivity index (χ0n) is 13.1. The molecule has 0 amide bonds. The number of hydrogen-bond donors (Lipinski definition) is 0. The maximum Gasteiger partial charge on any atom is 0.336 e. The van der Waals surface area contributed by atoms with Gasteiger partial charge in [-0.05, 0) is 24.6 Å². The van der Waals surface area contributed by atoms with Crippen molar-refractivity contribution in [1.82, 2.24) is 4.90 Å². The molecule has 1 aliphatic rings. The number of hydrogen-bond acceptors (Lipinski definition) is 5. The van der Waals surface area contributed by atoms with Crippen LogP contribution in [-0.4, -0.2) is 44.4 Å². The molecule has 1 aromatic carbocycles. The first kappa shape index (κ1) is 15.6. The third kappa shape index (κ3) is 4.13. The molecule has 0 unspecified atom stereocenters. The summed E-state index contributed by atoms with van der Waals surface area (Å²) in [6, 6.07) is 6.97. The summed E-state index contributed by atoms with van der Waals surface area (Å²) in [6.45, 7) is 6.35. The molecule has 0 bridgehead atoms. The summed E-state index contributed by atoms with van der Waals surface area (Å²) in [4.78, 5) is 13.7. The number of rotatable bonds is 3. The van der Waals surface area contributed by atoms with Crippen molar-refractivity contribution in [2.24, 2.45) is 0 Å². The molecule has 0 aliphatic carbocycles. The summed E-state index contributed by atoms with van der Waals surface area (Å²) in [5.41, 5.74) is 1.08. The van der Waals surface area contributed by atoms with Crippen LogP contribution in [0.4, 0.5) is 0 Å². The van der Waals surface area contributed by atoms with Gasteiger partial charge in [0.15, 0.2) is 0 Å². The lowest BCUT2D eigenvalue weighted by Crippen LogP contribution is -2.36. The zero-order chi connectivity index (χ0) is 16.1. The molecule has 0 radical (unpaired) electrons. The summed E-state index contributed by atoms with van der Waals surface area (Å²) < 4.78 is 16.1. The number of benzene rings is 1. The molecule has 1 fully saturated rings. The minimum absolute atomic E-state index is 0.311. The Balaban J connectivity index is 1.58. The van der Waals surface area contributed by atoms with Crippen molar-refractivity contribution in [1.29, 1.82) is 0 Å². The van der Waals surface area contributed by atoms with Crippen LogP contribution in [-0.2, 0) is 4.74 Å². The summed E-state index contributed by atoms with van der Waals surface area (Å²) >= 11 is 0. The zero-order valence-corrected chi connectivity index (χ0v) is 13.1. The minimum atomic E-state index is -0.350. The summed E-state index contributed by atoms with van der Waals surface area (Å²) in [5.74, 6) is 6.75. The van der Waals surface area contributed by atoms with E-state index in [1.807, 2.05) is 19.1 Å². The molecule has 0 spiro atoms. The molecule has 5 heteroatoms. The fourth-order valence-corrected chi connectivity index (χ4v) is 2.49. The van der Waals surface area contributed by atoms with Gasteiger partial charge in [-0.1, -0.05) is 11.8 Å². The van der Waals surface area contributed by atoms with Gasteiger partial charge in [-0.3, -0.25) is 4.90 Å². The average molecular weight is 313 g/mol. The van der Waals surface area contributed by atoms with Gasteiger partial charge < -0.3 is 13.9 Å². The fourth-order valence-electron chi connectivity index (χ4n) is 2.49. The summed E-state index contributed by atoms with van der Waals surface area (Å²) in [7, 11) is 0. The lowest BCUT2D eigenvalue weighted by Gasteiger charge is -2.24. The average Bonchev–Trinajstić information content (AvgIpc) is 2.55. The van der Waals surface area contributed by atoms with Gasteiger partial charge in [-0.25, -0.2) is 4.79 Å². The quantitative estimate of drug-likeness (QED) is 0.639. The lowest BCUT2D eigenvalue weighted by molar-refractivity contribution is 0.0443. The first-order valence-corrected chi connectivity index (χ1v) is 7.65. The number of ether oxygens (including phenoxy) is 2. The SMILES string of the molecule is Cc1cc(=O)oc2cc(OCC#CCN3CCOCC3)ccc12. The maximum atomic E-state index is 11.4. The van der Waals surface area contributed by atoms with E-state index in [9.17, 15) is 4.79 Å². The van der Waals surface area contributed by atoms with E-state index in [1.165, 1.54) is 6.07 Å². The topological polar surface area (TPSA) is 51.9 Å². The van der Waals surface area contributed by atoms with Crippen LogP contribution in [0.3, 0.4) is 0 Å². The largest absolute Gasteiger partial charge is 0.481 e. The normalized spacial score (nSPS) is 15.2. The Kier molecular flexibility index (Phi) is 4.96. The Labute approximate surface area is 134 Å². The van der Waals surface area contributed by atoms with Crippen LogP contribution in [0.15, 0.2) is 33.5 Å². The molecule has 120 valence electrons. The second kappa shape index (κ2) is 7.32. The summed E-state index contributed by atoms with van der Waals surface area (Å²) in [6.07, 6.45) is 0. The Morgan fingerprint density at radius 2 is 2.04 bits per heavy atom. The van der Waals surface area contributed by atoms with Crippen molar-refractivity contribution in [3.05, 3.63) is 40.2 Å². The highest BCUT2D eigenvalue weighted by Crippen LogP contribution is 2.21. The Morgan fingerprint density at radius 3 is 2.87 bits per heavy atom. The van der Waals surface area contributed by atoms with Crippen molar-refractivity contribution >= 4 is 11.0 Å². The van der Waals surface area contributed by atoms with Gasteiger partial charge in [0, 0.05) is 30.6 Å². The van der Waals surface area contributed by atoms with Gasteiger partial charge in [0.25, 0.3) is 0 Å². The van der Waals surface area contributed by atoms with Gasteiger partial charge >= 0.3 is 5.63 Å². The lowest BCUT2D eigenvalue weighted by atomic mass is 10.1.